The molecule has 1 aliphatic heterocycles. The van der Waals surface area contributed by atoms with E-state index in [0.717, 1.165) is 36.7 Å². The Morgan fingerprint density at radius 2 is 2.28 bits per heavy atom. The second-order valence-corrected chi connectivity index (χ2v) is 7.19. The van der Waals surface area contributed by atoms with E-state index in [-0.39, 0.29) is 5.91 Å². The molecule has 6 heteroatoms. The minimum Gasteiger partial charge on any atom is -0.361 e. The number of hydrogen-bond donors (Lipinski definition) is 1. The van der Waals surface area contributed by atoms with Crippen molar-refractivity contribution < 1.29 is 9.32 Å². The Labute approximate surface area is 148 Å². The number of hydrogen-bond acceptors (Lipinski definition) is 5. The van der Waals surface area contributed by atoms with Gasteiger partial charge in [-0.1, -0.05) is 25.1 Å². The molecule has 1 saturated heterocycles. The summed E-state index contributed by atoms with van der Waals surface area (Å²) in [5, 5.41) is 6.97. The molecule has 3 heterocycles. The average Bonchev–Trinajstić information content (AvgIpc) is 3.23. The summed E-state index contributed by atoms with van der Waals surface area (Å²) < 4.78 is 5.50. The van der Waals surface area contributed by atoms with Crippen molar-refractivity contribution in [3.05, 3.63) is 47.6 Å². The highest BCUT2D eigenvalue weighted by Gasteiger charge is 2.45. The van der Waals surface area contributed by atoms with Gasteiger partial charge in [0.05, 0.1) is 16.8 Å². The topological polar surface area (TPSA) is 71.3 Å². The molecule has 1 atom stereocenters. The zero-order chi connectivity index (χ0) is 17.9. The highest BCUT2D eigenvalue weighted by molar-refractivity contribution is 5.83. The summed E-state index contributed by atoms with van der Waals surface area (Å²) in [7, 11) is 1.70. The van der Waals surface area contributed by atoms with Crippen LogP contribution in [0.5, 0.6) is 0 Å². The zero-order valence-corrected chi connectivity index (χ0v) is 15.2. The Hall–Kier alpha value is -2.21. The van der Waals surface area contributed by atoms with E-state index in [4.69, 9.17) is 4.52 Å². The lowest BCUT2D eigenvalue weighted by Crippen LogP contribution is -2.43. The first-order valence-electron chi connectivity index (χ1n) is 8.82. The zero-order valence-electron chi connectivity index (χ0n) is 15.2. The molecular weight excluding hydrogens is 316 g/mol. The van der Waals surface area contributed by atoms with Crippen LogP contribution in [0.3, 0.4) is 0 Å². The van der Waals surface area contributed by atoms with Crippen molar-refractivity contribution in [3.63, 3.8) is 0 Å². The molecule has 3 rings (SSSR count). The van der Waals surface area contributed by atoms with Crippen LogP contribution < -0.4 is 5.32 Å². The highest BCUT2D eigenvalue weighted by atomic mass is 16.5. The van der Waals surface area contributed by atoms with Crippen molar-refractivity contribution in [1.29, 1.82) is 0 Å². The van der Waals surface area contributed by atoms with Gasteiger partial charge in [0.25, 0.3) is 0 Å². The number of aromatic nitrogens is 2. The number of nitrogens with one attached hydrogen (secondary N) is 1. The lowest BCUT2D eigenvalue weighted by molar-refractivity contribution is -0.130. The summed E-state index contributed by atoms with van der Waals surface area (Å²) in [4.78, 5) is 19.3. The summed E-state index contributed by atoms with van der Waals surface area (Å²) in [6.45, 7) is 6.49. The van der Waals surface area contributed by atoms with E-state index >= 15 is 0 Å². The van der Waals surface area contributed by atoms with Gasteiger partial charge in [-0.3, -0.25) is 14.7 Å². The first kappa shape index (κ1) is 17.6. The lowest BCUT2D eigenvalue weighted by atomic mass is 9.81. The Bertz CT molecular complexity index is 713. The third-order valence-electron chi connectivity index (χ3n) is 4.93. The number of pyridine rings is 1. The van der Waals surface area contributed by atoms with Crippen LogP contribution in [0.15, 0.2) is 35.0 Å². The van der Waals surface area contributed by atoms with E-state index in [0.29, 0.717) is 18.9 Å². The number of carbonyl (C=O) groups is 1. The van der Waals surface area contributed by atoms with Crippen molar-refractivity contribution in [1.82, 2.24) is 20.4 Å². The summed E-state index contributed by atoms with van der Waals surface area (Å²) >= 11 is 0. The molecule has 0 bridgehead atoms. The molecule has 1 fully saturated rings. The van der Waals surface area contributed by atoms with Gasteiger partial charge in [0, 0.05) is 38.8 Å². The van der Waals surface area contributed by atoms with Gasteiger partial charge in [-0.15, -0.1) is 0 Å². The first-order valence-corrected chi connectivity index (χ1v) is 8.82. The van der Waals surface area contributed by atoms with Crippen LogP contribution in [-0.4, -0.2) is 41.1 Å². The molecule has 0 aromatic carbocycles. The van der Waals surface area contributed by atoms with Crippen LogP contribution in [0.1, 0.15) is 43.3 Å². The van der Waals surface area contributed by atoms with Gasteiger partial charge in [0.15, 0.2) is 0 Å². The predicted molar refractivity (Wildman–Crippen MR) is 94.9 cm³/mol. The van der Waals surface area contributed by atoms with Crippen LogP contribution in [0, 0.1) is 5.41 Å². The molecule has 2 aromatic heterocycles. The van der Waals surface area contributed by atoms with E-state index in [1.54, 1.807) is 13.2 Å². The maximum Gasteiger partial charge on any atom is 0.227 e. The molecule has 6 nitrogen and oxygen atoms in total. The fourth-order valence-corrected chi connectivity index (χ4v) is 3.51. The van der Waals surface area contributed by atoms with Gasteiger partial charge in [-0.2, -0.15) is 0 Å². The fraction of sp³-hybridized carbons (Fsp3) is 0.526. The molecule has 0 radical (unpaired) electrons. The molecule has 1 amide bonds. The summed E-state index contributed by atoms with van der Waals surface area (Å²) in [6.07, 6.45) is 3.18. The maximum atomic E-state index is 12.7. The minimum atomic E-state index is -0.475. The molecule has 1 aliphatic rings. The second-order valence-electron chi connectivity index (χ2n) is 7.19. The minimum absolute atomic E-state index is 0.0681. The largest absolute Gasteiger partial charge is 0.361 e. The summed E-state index contributed by atoms with van der Waals surface area (Å²) in [5.74, 6) is 1.17. The Kier molecular flexibility index (Phi) is 5.18. The molecule has 2 aromatic rings. The smallest absolute Gasteiger partial charge is 0.227 e. The number of nitrogens with zero attached hydrogens (tertiary/aromatic N) is 3. The molecule has 25 heavy (non-hydrogen) atoms. The molecule has 0 saturated carbocycles. The van der Waals surface area contributed by atoms with Crippen LogP contribution >= 0.6 is 0 Å². The van der Waals surface area contributed by atoms with Gasteiger partial charge in [0.1, 0.15) is 5.76 Å². The molecule has 0 unspecified atom stereocenters. The molecule has 0 aliphatic carbocycles. The average molecular weight is 342 g/mol. The van der Waals surface area contributed by atoms with E-state index in [1.165, 1.54) is 0 Å². The Balaban J connectivity index is 1.74. The number of carbonyl (C=O) groups excluding carboxylic acids is 1. The van der Waals surface area contributed by atoms with Gasteiger partial charge < -0.3 is 9.84 Å². The quantitative estimate of drug-likeness (QED) is 0.873. The standard InChI is InChI=1S/C19H26N4O2/c1-14(2)17-10-16(25-22-17)11-19(18(24)20-3)7-9-23(13-19)12-15-6-4-5-8-21-15/h4-6,8,10,14H,7,9,11-13H2,1-3H3,(H,20,24)/t19-/m1/s1. The van der Waals surface area contributed by atoms with Crippen molar-refractivity contribution in [3.8, 4) is 0 Å². The fourth-order valence-electron chi connectivity index (χ4n) is 3.51. The number of likely N-dealkylation sites (tertiary alicyclic amines) is 1. The van der Waals surface area contributed by atoms with E-state index in [2.05, 4.69) is 34.2 Å². The van der Waals surface area contributed by atoms with Crippen molar-refractivity contribution in [2.24, 2.45) is 5.41 Å². The third-order valence-corrected chi connectivity index (χ3v) is 4.93. The van der Waals surface area contributed by atoms with Crippen LogP contribution in [-0.2, 0) is 17.8 Å². The molecular formula is C19H26N4O2. The molecule has 1 N–H and O–H groups in total. The lowest BCUT2D eigenvalue weighted by Gasteiger charge is -2.26. The number of amides is 1. The third kappa shape index (κ3) is 3.90. The van der Waals surface area contributed by atoms with Crippen molar-refractivity contribution in [2.45, 2.75) is 39.2 Å². The predicted octanol–water partition coefficient (Wildman–Crippen LogP) is 2.37. The SMILES string of the molecule is CNC(=O)[C@@]1(Cc2cc(C(C)C)no2)CCN(Cc2ccccn2)C1. The summed E-state index contributed by atoms with van der Waals surface area (Å²) in [5.41, 5.74) is 1.49. The van der Waals surface area contributed by atoms with E-state index < -0.39 is 5.41 Å². The van der Waals surface area contributed by atoms with Gasteiger partial charge in [-0.25, -0.2) is 0 Å². The number of rotatable bonds is 6. The summed E-state index contributed by atoms with van der Waals surface area (Å²) in [6, 6.07) is 7.91. The molecule has 134 valence electrons. The molecule has 0 spiro atoms. The van der Waals surface area contributed by atoms with Gasteiger partial charge >= 0.3 is 0 Å². The van der Waals surface area contributed by atoms with Crippen LogP contribution in [0.2, 0.25) is 0 Å². The van der Waals surface area contributed by atoms with Crippen molar-refractivity contribution >= 4 is 5.91 Å². The van der Waals surface area contributed by atoms with Crippen molar-refractivity contribution in [2.75, 3.05) is 20.1 Å². The first-order chi connectivity index (χ1) is 12.0. The normalized spacial score (nSPS) is 21.0. The van der Waals surface area contributed by atoms with Crippen LogP contribution in [0.25, 0.3) is 0 Å². The van der Waals surface area contributed by atoms with E-state index in [1.807, 2.05) is 24.3 Å². The Morgan fingerprint density at radius 1 is 1.44 bits per heavy atom. The Morgan fingerprint density at radius 3 is 2.92 bits per heavy atom. The monoisotopic (exact) mass is 342 g/mol. The highest BCUT2D eigenvalue weighted by Crippen LogP contribution is 2.35. The van der Waals surface area contributed by atoms with Crippen LogP contribution in [0.4, 0.5) is 0 Å². The second kappa shape index (κ2) is 7.35. The van der Waals surface area contributed by atoms with Gasteiger partial charge in [0.2, 0.25) is 5.91 Å². The van der Waals surface area contributed by atoms with Gasteiger partial charge in [-0.05, 0) is 31.0 Å². The van der Waals surface area contributed by atoms with E-state index in [9.17, 15) is 4.79 Å². The maximum absolute atomic E-state index is 12.7.